The highest BCUT2D eigenvalue weighted by Gasteiger charge is 2.17. The molecule has 0 aliphatic carbocycles. The minimum Gasteiger partial charge on any atom is -0.495 e. The highest BCUT2D eigenvalue weighted by Crippen LogP contribution is 2.30. The molecule has 1 heterocycles. The molecule has 28 heavy (non-hydrogen) atoms. The number of anilines is 1. The summed E-state index contributed by atoms with van der Waals surface area (Å²) in [5.74, 6) is 0.849. The molecule has 0 saturated heterocycles. The first-order valence-corrected chi connectivity index (χ1v) is 9.24. The van der Waals surface area contributed by atoms with E-state index < -0.39 is 6.10 Å². The maximum absolute atomic E-state index is 12.6. The zero-order valence-electron chi connectivity index (χ0n) is 15.5. The Morgan fingerprint density at radius 2 is 1.82 bits per heavy atom. The van der Waals surface area contributed by atoms with Gasteiger partial charge in [-0.1, -0.05) is 29.8 Å². The molecule has 0 fully saturated rings. The van der Waals surface area contributed by atoms with Gasteiger partial charge in [-0.05, 0) is 43.3 Å². The van der Waals surface area contributed by atoms with E-state index in [0.29, 0.717) is 22.2 Å². The van der Waals surface area contributed by atoms with Gasteiger partial charge in [-0.25, -0.2) is 0 Å². The number of carbonyl (C=O) groups is 1. The summed E-state index contributed by atoms with van der Waals surface area (Å²) < 4.78 is 11.1. The predicted octanol–water partition coefficient (Wildman–Crippen LogP) is 5.39. The summed E-state index contributed by atoms with van der Waals surface area (Å²) in [5, 5.41) is 5.58. The minimum atomic E-state index is -0.703. The molecule has 1 amide bonds. The Morgan fingerprint density at radius 1 is 1.04 bits per heavy atom. The van der Waals surface area contributed by atoms with E-state index in [9.17, 15) is 4.79 Å². The van der Waals surface area contributed by atoms with Crippen LogP contribution in [0.3, 0.4) is 0 Å². The van der Waals surface area contributed by atoms with Crippen LogP contribution in [0.15, 0.2) is 60.7 Å². The van der Waals surface area contributed by atoms with E-state index in [4.69, 9.17) is 21.1 Å². The van der Waals surface area contributed by atoms with Crippen LogP contribution >= 0.6 is 11.6 Å². The van der Waals surface area contributed by atoms with Crippen LogP contribution < -0.4 is 14.8 Å². The normalized spacial score (nSPS) is 12.1. The fourth-order valence-corrected chi connectivity index (χ4v) is 3.35. The zero-order valence-corrected chi connectivity index (χ0v) is 16.2. The number of fused-ring (bicyclic) bond motifs is 3. The molecule has 3 aromatic carbocycles. The summed E-state index contributed by atoms with van der Waals surface area (Å²) in [5.41, 5.74) is 2.53. The molecule has 2 N–H and O–H groups in total. The summed E-state index contributed by atoms with van der Waals surface area (Å²) in [6.07, 6.45) is -0.703. The Kier molecular flexibility index (Phi) is 4.84. The number of aromatic amines is 1. The summed E-state index contributed by atoms with van der Waals surface area (Å²) in [7, 11) is 1.54. The number of carbonyl (C=O) groups excluding carboxylic acids is 1. The van der Waals surface area contributed by atoms with Crippen LogP contribution in [0, 0.1) is 0 Å². The van der Waals surface area contributed by atoms with Gasteiger partial charge in [0.1, 0.15) is 11.5 Å². The van der Waals surface area contributed by atoms with Gasteiger partial charge in [-0.15, -0.1) is 0 Å². The third-order valence-electron chi connectivity index (χ3n) is 4.58. The molecule has 0 bridgehead atoms. The van der Waals surface area contributed by atoms with Gasteiger partial charge in [-0.2, -0.15) is 0 Å². The van der Waals surface area contributed by atoms with Crippen molar-refractivity contribution in [2.24, 2.45) is 0 Å². The summed E-state index contributed by atoms with van der Waals surface area (Å²) in [4.78, 5) is 15.9. The largest absolute Gasteiger partial charge is 0.495 e. The molecule has 0 radical (unpaired) electrons. The lowest BCUT2D eigenvalue weighted by Crippen LogP contribution is -2.30. The van der Waals surface area contributed by atoms with E-state index in [-0.39, 0.29) is 5.91 Å². The van der Waals surface area contributed by atoms with E-state index in [0.717, 1.165) is 21.8 Å². The van der Waals surface area contributed by atoms with E-state index in [1.165, 1.54) is 7.11 Å². The number of amides is 1. The van der Waals surface area contributed by atoms with Crippen molar-refractivity contribution in [1.29, 1.82) is 0 Å². The van der Waals surface area contributed by atoms with Gasteiger partial charge in [-0.3, -0.25) is 4.79 Å². The molecule has 6 heteroatoms. The van der Waals surface area contributed by atoms with Crippen LogP contribution in [-0.4, -0.2) is 24.1 Å². The second-order valence-corrected chi connectivity index (χ2v) is 6.91. The molecule has 0 aliphatic heterocycles. The molecule has 1 aromatic heterocycles. The highest BCUT2D eigenvalue weighted by atomic mass is 35.5. The molecular weight excluding hydrogens is 376 g/mol. The number of methoxy groups -OCH3 is 1. The quantitative estimate of drug-likeness (QED) is 0.477. The summed E-state index contributed by atoms with van der Waals surface area (Å²) >= 11 is 6.01. The first-order valence-electron chi connectivity index (χ1n) is 8.86. The van der Waals surface area contributed by atoms with Crippen molar-refractivity contribution < 1.29 is 14.3 Å². The van der Waals surface area contributed by atoms with E-state index in [1.807, 2.05) is 36.4 Å². The SMILES string of the molecule is COc1ccc(Cl)cc1NC(=O)[C@H](C)Oc1ccc2c(c1)[nH]c1ccccc12. The number of para-hydroxylation sites is 1. The van der Waals surface area contributed by atoms with Gasteiger partial charge < -0.3 is 19.8 Å². The Hall–Kier alpha value is -3.18. The smallest absolute Gasteiger partial charge is 0.265 e. The van der Waals surface area contributed by atoms with Crippen molar-refractivity contribution in [3.8, 4) is 11.5 Å². The number of benzene rings is 3. The molecule has 0 aliphatic rings. The van der Waals surface area contributed by atoms with Crippen molar-refractivity contribution in [2.75, 3.05) is 12.4 Å². The van der Waals surface area contributed by atoms with E-state index >= 15 is 0 Å². The maximum atomic E-state index is 12.6. The average molecular weight is 395 g/mol. The van der Waals surface area contributed by atoms with Crippen molar-refractivity contribution >= 4 is 45.0 Å². The van der Waals surface area contributed by atoms with Gasteiger partial charge >= 0.3 is 0 Å². The van der Waals surface area contributed by atoms with Crippen LogP contribution in [0.1, 0.15) is 6.92 Å². The molecule has 1 atom stereocenters. The maximum Gasteiger partial charge on any atom is 0.265 e. The zero-order chi connectivity index (χ0) is 19.7. The number of H-pyrrole nitrogens is 1. The van der Waals surface area contributed by atoms with Gasteiger partial charge in [0.05, 0.1) is 18.3 Å². The Morgan fingerprint density at radius 3 is 2.64 bits per heavy atom. The van der Waals surface area contributed by atoms with Gasteiger partial charge in [0.15, 0.2) is 6.10 Å². The van der Waals surface area contributed by atoms with E-state index in [1.54, 1.807) is 25.1 Å². The van der Waals surface area contributed by atoms with Gasteiger partial charge in [0.25, 0.3) is 5.91 Å². The predicted molar refractivity (Wildman–Crippen MR) is 113 cm³/mol. The van der Waals surface area contributed by atoms with Crippen molar-refractivity contribution in [3.05, 3.63) is 65.7 Å². The van der Waals surface area contributed by atoms with Gasteiger partial charge in [0, 0.05) is 27.4 Å². The van der Waals surface area contributed by atoms with E-state index in [2.05, 4.69) is 16.4 Å². The number of hydrogen-bond donors (Lipinski definition) is 2. The van der Waals surface area contributed by atoms with Crippen LogP contribution in [0.25, 0.3) is 21.8 Å². The molecule has 0 spiro atoms. The second-order valence-electron chi connectivity index (χ2n) is 6.47. The average Bonchev–Trinajstić information content (AvgIpc) is 3.06. The molecule has 0 unspecified atom stereocenters. The lowest BCUT2D eigenvalue weighted by molar-refractivity contribution is -0.122. The lowest BCUT2D eigenvalue weighted by Gasteiger charge is -2.16. The van der Waals surface area contributed by atoms with Crippen LogP contribution in [-0.2, 0) is 4.79 Å². The molecule has 0 saturated carbocycles. The topological polar surface area (TPSA) is 63.4 Å². The summed E-state index contributed by atoms with van der Waals surface area (Å²) in [6.45, 7) is 1.70. The monoisotopic (exact) mass is 394 g/mol. The number of ether oxygens (including phenoxy) is 2. The number of nitrogens with one attached hydrogen (secondary N) is 2. The van der Waals surface area contributed by atoms with Gasteiger partial charge in [0.2, 0.25) is 0 Å². The number of hydrogen-bond acceptors (Lipinski definition) is 3. The molecule has 4 rings (SSSR count). The minimum absolute atomic E-state index is 0.294. The fourth-order valence-electron chi connectivity index (χ4n) is 3.18. The Balaban J connectivity index is 1.53. The number of aromatic nitrogens is 1. The van der Waals surface area contributed by atoms with Crippen molar-refractivity contribution in [1.82, 2.24) is 4.98 Å². The first-order chi connectivity index (χ1) is 13.5. The number of rotatable bonds is 5. The van der Waals surface area contributed by atoms with Crippen molar-refractivity contribution in [3.63, 3.8) is 0 Å². The second kappa shape index (κ2) is 7.44. The Labute approximate surface area is 167 Å². The van der Waals surface area contributed by atoms with Crippen molar-refractivity contribution in [2.45, 2.75) is 13.0 Å². The third-order valence-corrected chi connectivity index (χ3v) is 4.81. The van der Waals surface area contributed by atoms with Crippen LogP contribution in [0.5, 0.6) is 11.5 Å². The number of halogens is 1. The van der Waals surface area contributed by atoms with Crippen LogP contribution in [0.2, 0.25) is 5.02 Å². The summed E-state index contributed by atoms with van der Waals surface area (Å²) in [6, 6.07) is 18.9. The molecule has 142 valence electrons. The highest BCUT2D eigenvalue weighted by molar-refractivity contribution is 6.31. The van der Waals surface area contributed by atoms with Crippen LogP contribution in [0.4, 0.5) is 5.69 Å². The first kappa shape index (κ1) is 18.2. The lowest BCUT2D eigenvalue weighted by atomic mass is 10.1. The fraction of sp³-hybridized carbons (Fsp3) is 0.136. The Bertz CT molecular complexity index is 1170. The third kappa shape index (κ3) is 3.49. The molecular formula is C22H19ClN2O3. The molecule has 5 nitrogen and oxygen atoms in total. The standard InChI is InChI=1S/C22H19ClN2O3/c1-13(22(26)25-20-11-14(23)7-10-21(20)27-2)28-15-8-9-17-16-5-3-4-6-18(16)24-19(17)12-15/h3-13,24H,1-2H3,(H,25,26)/t13-/m0/s1. The molecule has 4 aromatic rings.